The Morgan fingerprint density at radius 1 is 1.57 bits per heavy atom. The van der Waals surface area contributed by atoms with Crippen molar-refractivity contribution in [3.05, 3.63) is 18.2 Å². The van der Waals surface area contributed by atoms with Crippen LogP contribution < -0.4 is 10.2 Å². The summed E-state index contributed by atoms with van der Waals surface area (Å²) in [5.74, 6) is -2.48. The zero-order chi connectivity index (χ0) is 10.7. The first-order valence-corrected chi connectivity index (χ1v) is 3.92. The molecule has 1 atom stereocenters. The van der Waals surface area contributed by atoms with Crippen LogP contribution >= 0.6 is 0 Å². The van der Waals surface area contributed by atoms with Crippen molar-refractivity contribution in [1.82, 2.24) is 9.55 Å². The summed E-state index contributed by atoms with van der Waals surface area (Å²) in [6.07, 6.45) is 2.15. The first kappa shape index (κ1) is 10.2. The van der Waals surface area contributed by atoms with Gasteiger partial charge in [0.25, 0.3) is 0 Å². The lowest BCUT2D eigenvalue weighted by molar-refractivity contribution is -0.319. The second-order valence-electron chi connectivity index (χ2n) is 2.79. The van der Waals surface area contributed by atoms with Crippen LogP contribution in [-0.4, -0.2) is 21.5 Å². The number of nitrogens with zero attached hydrogens (tertiary/aromatic N) is 2. The largest absolute Gasteiger partial charge is 0.550 e. The molecule has 0 aromatic carbocycles. The fourth-order valence-corrected chi connectivity index (χ4v) is 1.17. The average molecular weight is 196 g/mol. The maximum Gasteiger partial charge on any atom is 0.106 e. The Bertz CT molecular complexity index is 358. The second-order valence-corrected chi connectivity index (χ2v) is 2.79. The molecule has 0 unspecified atom stereocenters. The molecule has 0 aliphatic rings. The number of carboxylic acid groups (broad SMARTS) is 2. The fourth-order valence-electron chi connectivity index (χ4n) is 1.17. The Hall–Kier alpha value is -1.85. The van der Waals surface area contributed by atoms with E-state index in [9.17, 15) is 19.8 Å². The Balaban J connectivity index is 2.94. The van der Waals surface area contributed by atoms with Crippen LogP contribution in [0, 0.1) is 6.92 Å². The van der Waals surface area contributed by atoms with Gasteiger partial charge < -0.3 is 24.4 Å². The molecule has 0 saturated heterocycles. The summed E-state index contributed by atoms with van der Waals surface area (Å²) in [5.41, 5.74) is 0. The second kappa shape index (κ2) is 3.91. The molecule has 0 saturated carbocycles. The third-order valence-electron chi connectivity index (χ3n) is 1.83. The first-order valence-electron chi connectivity index (χ1n) is 3.92. The molecule has 6 nitrogen and oxygen atoms in total. The molecule has 1 aromatic rings. The number of aliphatic carboxylic acids is 2. The Labute approximate surface area is 79.8 Å². The molecule has 6 heteroatoms. The van der Waals surface area contributed by atoms with Gasteiger partial charge in [-0.15, -0.1) is 0 Å². The first-order chi connectivity index (χ1) is 6.52. The molecule has 0 spiro atoms. The molecule has 0 bridgehead atoms. The Morgan fingerprint density at radius 2 is 2.21 bits per heavy atom. The Morgan fingerprint density at radius 3 is 2.57 bits per heavy atom. The minimum absolute atomic E-state index is 0.417. The molecule has 76 valence electrons. The van der Waals surface area contributed by atoms with Crippen molar-refractivity contribution in [2.24, 2.45) is 0 Å². The quantitative estimate of drug-likeness (QED) is 0.535. The van der Waals surface area contributed by atoms with Gasteiger partial charge in [-0.05, 0) is 6.92 Å². The van der Waals surface area contributed by atoms with Crippen molar-refractivity contribution < 1.29 is 19.8 Å². The van der Waals surface area contributed by atoms with Gasteiger partial charge in [-0.3, -0.25) is 0 Å². The van der Waals surface area contributed by atoms with Gasteiger partial charge in [-0.25, -0.2) is 4.98 Å². The number of imidazole rings is 1. The number of aromatic nitrogens is 2. The van der Waals surface area contributed by atoms with Gasteiger partial charge in [0.1, 0.15) is 5.82 Å². The van der Waals surface area contributed by atoms with E-state index in [1.54, 1.807) is 6.92 Å². The highest BCUT2D eigenvalue weighted by molar-refractivity contribution is 5.77. The number of carbonyl (C=O) groups excluding carboxylic acids is 2. The highest BCUT2D eigenvalue weighted by Crippen LogP contribution is 2.12. The molecule has 0 aliphatic heterocycles. The van der Waals surface area contributed by atoms with Gasteiger partial charge in [-0.2, -0.15) is 0 Å². The molecular weight excluding hydrogens is 188 g/mol. The maximum absolute atomic E-state index is 10.6. The summed E-state index contributed by atoms with van der Waals surface area (Å²) in [6, 6.07) is -1.26. The van der Waals surface area contributed by atoms with E-state index >= 15 is 0 Å². The highest BCUT2D eigenvalue weighted by Gasteiger charge is 2.13. The molecule has 1 aromatic heterocycles. The summed E-state index contributed by atoms with van der Waals surface area (Å²) in [6.45, 7) is 1.57. The van der Waals surface area contributed by atoms with Gasteiger partial charge in [0.15, 0.2) is 0 Å². The minimum Gasteiger partial charge on any atom is -0.550 e. The number of rotatable bonds is 4. The van der Waals surface area contributed by atoms with Crippen molar-refractivity contribution in [1.29, 1.82) is 0 Å². The number of carboxylic acids is 2. The molecule has 0 amide bonds. The number of carbonyl (C=O) groups is 2. The summed E-state index contributed by atoms with van der Waals surface area (Å²) in [4.78, 5) is 24.7. The standard InChI is InChI=1S/C8H10N2O4/c1-5-9-2-3-10(5)6(8(13)14)4-7(11)12/h2-3,6H,4H2,1H3,(H,11,12)(H,13,14)/p-2/t6-/m0/s1. The summed E-state index contributed by atoms with van der Waals surface area (Å²) in [5, 5.41) is 20.9. The third kappa shape index (κ3) is 2.09. The number of hydrogen-bond acceptors (Lipinski definition) is 5. The summed E-state index contributed by atoms with van der Waals surface area (Å²) >= 11 is 0. The molecule has 0 aliphatic carbocycles. The fraction of sp³-hybridized carbons (Fsp3) is 0.375. The van der Waals surface area contributed by atoms with E-state index < -0.39 is 24.4 Å². The van der Waals surface area contributed by atoms with E-state index in [0.29, 0.717) is 5.82 Å². The molecule has 0 N–H and O–H groups in total. The lowest BCUT2D eigenvalue weighted by Gasteiger charge is -2.21. The molecule has 1 heterocycles. The van der Waals surface area contributed by atoms with Crippen LogP contribution in [-0.2, 0) is 9.59 Å². The van der Waals surface area contributed by atoms with E-state index in [0.717, 1.165) is 0 Å². The molecule has 1 rings (SSSR count). The van der Waals surface area contributed by atoms with Gasteiger partial charge in [-0.1, -0.05) is 0 Å². The zero-order valence-electron chi connectivity index (χ0n) is 7.47. The SMILES string of the molecule is Cc1nccn1[C@@H](CC(=O)[O-])C(=O)[O-]. The van der Waals surface area contributed by atoms with E-state index in [1.165, 1.54) is 17.0 Å². The smallest absolute Gasteiger partial charge is 0.106 e. The average Bonchev–Trinajstić information content (AvgIpc) is 2.46. The van der Waals surface area contributed by atoms with E-state index in [-0.39, 0.29) is 0 Å². The molecular formula is C8H8N2O4-2. The van der Waals surface area contributed by atoms with Crippen LogP contribution in [0.15, 0.2) is 12.4 Å². The molecule has 14 heavy (non-hydrogen) atoms. The highest BCUT2D eigenvalue weighted by atomic mass is 16.4. The Kier molecular flexibility index (Phi) is 2.85. The van der Waals surface area contributed by atoms with Crippen LogP contribution in [0.3, 0.4) is 0 Å². The summed E-state index contributed by atoms with van der Waals surface area (Å²) < 4.78 is 1.23. The van der Waals surface area contributed by atoms with Crippen LogP contribution in [0.25, 0.3) is 0 Å². The lowest BCUT2D eigenvalue weighted by atomic mass is 10.2. The van der Waals surface area contributed by atoms with Crippen molar-refractivity contribution in [3.8, 4) is 0 Å². The van der Waals surface area contributed by atoms with E-state index in [2.05, 4.69) is 4.98 Å². The van der Waals surface area contributed by atoms with Gasteiger partial charge in [0, 0.05) is 24.8 Å². The van der Waals surface area contributed by atoms with Gasteiger partial charge in [0.2, 0.25) is 0 Å². The van der Waals surface area contributed by atoms with Crippen LogP contribution in [0.2, 0.25) is 0 Å². The molecule has 0 radical (unpaired) electrons. The third-order valence-corrected chi connectivity index (χ3v) is 1.83. The van der Waals surface area contributed by atoms with Crippen LogP contribution in [0.1, 0.15) is 18.3 Å². The summed E-state index contributed by atoms with van der Waals surface area (Å²) in [7, 11) is 0. The zero-order valence-corrected chi connectivity index (χ0v) is 7.47. The lowest BCUT2D eigenvalue weighted by Crippen LogP contribution is -2.37. The van der Waals surface area contributed by atoms with Gasteiger partial charge >= 0.3 is 0 Å². The number of aryl methyl sites for hydroxylation is 1. The van der Waals surface area contributed by atoms with E-state index in [4.69, 9.17) is 0 Å². The maximum atomic E-state index is 10.6. The van der Waals surface area contributed by atoms with Crippen LogP contribution in [0.4, 0.5) is 0 Å². The van der Waals surface area contributed by atoms with Gasteiger partial charge in [0.05, 0.1) is 12.0 Å². The van der Waals surface area contributed by atoms with E-state index in [1.807, 2.05) is 0 Å². The topological polar surface area (TPSA) is 98.1 Å². The van der Waals surface area contributed by atoms with Crippen molar-refractivity contribution in [2.75, 3.05) is 0 Å². The van der Waals surface area contributed by atoms with Crippen molar-refractivity contribution in [3.63, 3.8) is 0 Å². The van der Waals surface area contributed by atoms with Crippen LogP contribution in [0.5, 0.6) is 0 Å². The predicted molar refractivity (Wildman–Crippen MR) is 40.6 cm³/mol. The minimum atomic E-state index is -1.46. The predicted octanol–water partition coefficient (Wildman–Crippen LogP) is -2.38. The molecule has 0 fully saturated rings. The normalized spacial score (nSPS) is 12.4. The monoisotopic (exact) mass is 196 g/mol. The van der Waals surface area contributed by atoms with Crippen molar-refractivity contribution in [2.45, 2.75) is 19.4 Å². The van der Waals surface area contributed by atoms with Crippen molar-refractivity contribution >= 4 is 11.9 Å². The number of hydrogen-bond donors (Lipinski definition) is 0.